The standard InChI is InChI=1S/C7H14O/c1-3-7(4-2)5-8-6-7/h3-6H2,1-2H3. The second-order valence-electron chi connectivity index (χ2n) is 2.70. The molecule has 1 heteroatoms. The van der Waals surface area contributed by atoms with Crippen molar-refractivity contribution in [3.8, 4) is 0 Å². The van der Waals surface area contributed by atoms with E-state index in [2.05, 4.69) is 13.8 Å². The van der Waals surface area contributed by atoms with Crippen LogP contribution in [0.4, 0.5) is 0 Å². The van der Waals surface area contributed by atoms with Gasteiger partial charge in [-0.1, -0.05) is 13.8 Å². The Kier molecular flexibility index (Phi) is 1.57. The van der Waals surface area contributed by atoms with Crippen molar-refractivity contribution in [2.24, 2.45) is 5.41 Å². The normalized spacial score (nSPS) is 24.8. The lowest BCUT2D eigenvalue weighted by Crippen LogP contribution is -2.41. The summed E-state index contributed by atoms with van der Waals surface area (Å²) in [6.45, 7) is 6.48. The van der Waals surface area contributed by atoms with E-state index in [-0.39, 0.29) is 0 Å². The Bertz CT molecular complexity index is 60.9. The molecule has 1 rings (SSSR count). The molecule has 0 atom stereocenters. The maximum absolute atomic E-state index is 5.12. The molecule has 1 fully saturated rings. The Hall–Kier alpha value is -0.0400. The van der Waals surface area contributed by atoms with Gasteiger partial charge in [-0.2, -0.15) is 0 Å². The minimum absolute atomic E-state index is 0.583. The highest BCUT2D eigenvalue weighted by atomic mass is 16.5. The minimum Gasteiger partial charge on any atom is -0.380 e. The van der Waals surface area contributed by atoms with Gasteiger partial charge in [0.25, 0.3) is 0 Å². The summed E-state index contributed by atoms with van der Waals surface area (Å²) in [6, 6.07) is 0. The summed E-state index contributed by atoms with van der Waals surface area (Å²) in [4.78, 5) is 0. The summed E-state index contributed by atoms with van der Waals surface area (Å²) in [5.41, 5.74) is 0.583. The molecule has 1 heterocycles. The van der Waals surface area contributed by atoms with Gasteiger partial charge in [0, 0.05) is 5.41 Å². The number of rotatable bonds is 2. The fraction of sp³-hybridized carbons (Fsp3) is 1.00. The van der Waals surface area contributed by atoms with Crippen LogP contribution >= 0.6 is 0 Å². The molecule has 0 aromatic heterocycles. The summed E-state index contributed by atoms with van der Waals surface area (Å²) < 4.78 is 5.12. The molecule has 0 aliphatic carbocycles. The molecular formula is C7H14O. The first-order valence-corrected chi connectivity index (χ1v) is 3.41. The summed E-state index contributed by atoms with van der Waals surface area (Å²) >= 11 is 0. The highest BCUT2D eigenvalue weighted by Gasteiger charge is 2.34. The second kappa shape index (κ2) is 2.06. The van der Waals surface area contributed by atoms with Crippen molar-refractivity contribution in [1.29, 1.82) is 0 Å². The molecule has 1 aliphatic heterocycles. The molecule has 0 unspecified atom stereocenters. The first kappa shape index (κ1) is 6.09. The maximum Gasteiger partial charge on any atom is 0.0544 e. The van der Waals surface area contributed by atoms with Gasteiger partial charge in [0.2, 0.25) is 0 Å². The molecular weight excluding hydrogens is 100 g/mol. The molecule has 1 saturated heterocycles. The predicted octanol–water partition coefficient (Wildman–Crippen LogP) is 1.82. The van der Waals surface area contributed by atoms with Gasteiger partial charge in [-0.3, -0.25) is 0 Å². The topological polar surface area (TPSA) is 9.23 Å². The van der Waals surface area contributed by atoms with Crippen LogP contribution in [0.2, 0.25) is 0 Å². The SMILES string of the molecule is CCC1(CC)COC1. The monoisotopic (exact) mass is 114 g/mol. The van der Waals surface area contributed by atoms with Gasteiger partial charge >= 0.3 is 0 Å². The Labute approximate surface area is 51.0 Å². The molecule has 0 amide bonds. The van der Waals surface area contributed by atoms with E-state index in [4.69, 9.17) is 4.74 Å². The van der Waals surface area contributed by atoms with Gasteiger partial charge in [0.1, 0.15) is 0 Å². The average Bonchev–Trinajstić information content (AvgIpc) is 1.67. The van der Waals surface area contributed by atoms with Gasteiger partial charge in [-0.25, -0.2) is 0 Å². The van der Waals surface area contributed by atoms with Crippen molar-refractivity contribution in [2.45, 2.75) is 26.7 Å². The van der Waals surface area contributed by atoms with E-state index in [0.29, 0.717) is 5.41 Å². The van der Waals surface area contributed by atoms with Crippen LogP contribution in [-0.4, -0.2) is 13.2 Å². The Morgan fingerprint density at radius 3 is 1.75 bits per heavy atom. The molecule has 0 N–H and O–H groups in total. The lowest BCUT2D eigenvalue weighted by Gasteiger charge is -2.39. The molecule has 0 saturated carbocycles. The van der Waals surface area contributed by atoms with Crippen molar-refractivity contribution >= 4 is 0 Å². The lowest BCUT2D eigenvalue weighted by atomic mass is 9.81. The van der Waals surface area contributed by atoms with E-state index in [1.54, 1.807) is 0 Å². The molecule has 0 spiro atoms. The van der Waals surface area contributed by atoms with Gasteiger partial charge in [0.15, 0.2) is 0 Å². The first-order chi connectivity index (χ1) is 3.83. The molecule has 0 aromatic rings. The number of hydrogen-bond donors (Lipinski definition) is 0. The van der Waals surface area contributed by atoms with Gasteiger partial charge < -0.3 is 4.74 Å². The smallest absolute Gasteiger partial charge is 0.0544 e. The number of ether oxygens (including phenoxy) is 1. The average molecular weight is 114 g/mol. The zero-order valence-electron chi connectivity index (χ0n) is 5.74. The van der Waals surface area contributed by atoms with Gasteiger partial charge in [-0.05, 0) is 12.8 Å². The van der Waals surface area contributed by atoms with Crippen LogP contribution in [0.3, 0.4) is 0 Å². The maximum atomic E-state index is 5.12. The Morgan fingerprint density at radius 1 is 1.25 bits per heavy atom. The van der Waals surface area contributed by atoms with Gasteiger partial charge in [0.05, 0.1) is 13.2 Å². The lowest BCUT2D eigenvalue weighted by molar-refractivity contribution is -0.116. The van der Waals surface area contributed by atoms with Crippen LogP contribution < -0.4 is 0 Å². The number of hydrogen-bond acceptors (Lipinski definition) is 1. The second-order valence-corrected chi connectivity index (χ2v) is 2.70. The molecule has 0 aromatic carbocycles. The fourth-order valence-electron chi connectivity index (χ4n) is 1.05. The van der Waals surface area contributed by atoms with E-state index >= 15 is 0 Å². The van der Waals surface area contributed by atoms with E-state index < -0.39 is 0 Å². The zero-order valence-corrected chi connectivity index (χ0v) is 5.74. The molecule has 1 aliphatic rings. The molecule has 8 heavy (non-hydrogen) atoms. The van der Waals surface area contributed by atoms with Gasteiger partial charge in [-0.15, -0.1) is 0 Å². The fourth-order valence-corrected chi connectivity index (χ4v) is 1.05. The third kappa shape index (κ3) is 0.752. The van der Waals surface area contributed by atoms with E-state index in [9.17, 15) is 0 Å². The molecule has 48 valence electrons. The molecule has 0 bridgehead atoms. The van der Waals surface area contributed by atoms with Crippen LogP contribution in [0.5, 0.6) is 0 Å². The summed E-state index contributed by atoms with van der Waals surface area (Å²) in [7, 11) is 0. The van der Waals surface area contributed by atoms with Crippen molar-refractivity contribution < 1.29 is 4.74 Å². The largest absolute Gasteiger partial charge is 0.380 e. The van der Waals surface area contributed by atoms with Crippen molar-refractivity contribution in [3.63, 3.8) is 0 Å². The van der Waals surface area contributed by atoms with Crippen molar-refractivity contribution in [2.75, 3.05) is 13.2 Å². The zero-order chi connectivity index (χ0) is 6.04. The van der Waals surface area contributed by atoms with E-state index in [1.807, 2.05) is 0 Å². The Balaban J connectivity index is 2.33. The van der Waals surface area contributed by atoms with Crippen LogP contribution in [0, 0.1) is 5.41 Å². The third-order valence-electron chi connectivity index (χ3n) is 2.32. The van der Waals surface area contributed by atoms with Crippen molar-refractivity contribution in [3.05, 3.63) is 0 Å². The summed E-state index contributed by atoms with van der Waals surface area (Å²) in [5.74, 6) is 0. The minimum atomic E-state index is 0.583. The first-order valence-electron chi connectivity index (χ1n) is 3.41. The molecule has 1 nitrogen and oxygen atoms in total. The van der Waals surface area contributed by atoms with Crippen LogP contribution in [0.1, 0.15) is 26.7 Å². The Morgan fingerprint density at radius 2 is 1.75 bits per heavy atom. The van der Waals surface area contributed by atoms with Crippen LogP contribution in [0.25, 0.3) is 0 Å². The van der Waals surface area contributed by atoms with E-state index in [0.717, 1.165) is 13.2 Å². The summed E-state index contributed by atoms with van der Waals surface area (Å²) in [5, 5.41) is 0. The summed E-state index contributed by atoms with van der Waals surface area (Å²) in [6.07, 6.45) is 2.56. The highest BCUT2D eigenvalue weighted by Crippen LogP contribution is 2.33. The third-order valence-corrected chi connectivity index (χ3v) is 2.32. The predicted molar refractivity (Wildman–Crippen MR) is 33.8 cm³/mol. The van der Waals surface area contributed by atoms with E-state index in [1.165, 1.54) is 12.8 Å². The van der Waals surface area contributed by atoms with Crippen molar-refractivity contribution in [1.82, 2.24) is 0 Å². The van der Waals surface area contributed by atoms with Crippen LogP contribution in [0.15, 0.2) is 0 Å². The van der Waals surface area contributed by atoms with Crippen LogP contribution in [-0.2, 0) is 4.74 Å². The molecule has 0 radical (unpaired) electrons. The highest BCUT2D eigenvalue weighted by molar-refractivity contribution is 4.82. The quantitative estimate of drug-likeness (QED) is 0.532.